The van der Waals surface area contributed by atoms with E-state index in [1.807, 2.05) is 72.5 Å². The molecule has 7 heteroatoms. The van der Waals surface area contributed by atoms with Crippen LogP contribution in [0, 0.1) is 19.3 Å². The van der Waals surface area contributed by atoms with Crippen molar-refractivity contribution < 1.29 is 18.3 Å². The standard InChI is InChI=1S/C33H46N2O4S.C9H8/c1-3-5-7-9-11-18-24-35(25-19-12-10-8-6-4-2)33(37)30-26-31(28-22-16-17-23-29(28)32(30)36)34-40(38)39-27-20-14-13-15-21-27;1-3-9-6-4-8(2)5-7-9/h13-17,20-23,26,34,36H,3-12,18-19,24-25H2,1-2H3;1,4-7H,2H3. The Morgan fingerprint density at radius 3 is 1.88 bits per heavy atom. The van der Waals surface area contributed by atoms with E-state index in [2.05, 4.69) is 24.5 Å². The van der Waals surface area contributed by atoms with E-state index < -0.39 is 11.3 Å². The molecule has 6 nitrogen and oxygen atoms in total. The van der Waals surface area contributed by atoms with E-state index in [0.717, 1.165) is 31.2 Å². The van der Waals surface area contributed by atoms with Crippen LogP contribution >= 0.6 is 0 Å². The Balaban J connectivity index is 0.000000624. The summed E-state index contributed by atoms with van der Waals surface area (Å²) in [7, 11) is 0. The topological polar surface area (TPSA) is 78.9 Å². The van der Waals surface area contributed by atoms with Crippen LogP contribution in [0.25, 0.3) is 10.8 Å². The number of aryl methyl sites for hydroxylation is 1. The van der Waals surface area contributed by atoms with Gasteiger partial charge in [-0.2, -0.15) is 4.21 Å². The number of carbonyl (C=O) groups excluding carboxylic acids is 1. The Bertz CT molecular complexity index is 1600. The van der Waals surface area contributed by atoms with E-state index in [4.69, 9.17) is 10.6 Å². The highest BCUT2D eigenvalue weighted by atomic mass is 32.2. The van der Waals surface area contributed by atoms with Crippen LogP contribution in [0.2, 0.25) is 0 Å². The number of aromatic hydroxyl groups is 1. The maximum Gasteiger partial charge on any atom is 0.316 e. The van der Waals surface area contributed by atoms with E-state index in [9.17, 15) is 14.1 Å². The van der Waals surface area contributed by atoms with Crippen LogP contribution in [-0.2, 0) is 11.3 Å². The first-order valence-corrected chi connectivity index (χ1v) is 18.9. The van der Waals surface area contributed by atoms with Crippen molar-refractivity contribution >= 4 is 33.6 Å². The third-order valence-corrected chi connectivity index (χ3v) is 9.15. The number of rotatable bonds is 19. The number of hydrogen-bond donors (Lipinski definition) is 2. The molecule has 0 bridgehead atoms. The molecule has 0 saturated heterocycles. The summed E-state index contributed by atoms with van der Waals surface area (Å²) in [5.74, 6) is 2.79. The Morgan fingerprint density at radius 2 is 1.31 bits per heavy atom. The second kappa shape index (κ2) is 22.4. The number of hydrogen-bond acceptors (Lipinski definition) is 4. The van der Waals surface area contributed by atoms with Crippen molar-refractivity contribution in [1.29, 1.82) is 0 Å². The molecule has 4 aromatic carbocycles. The number of benzene rings is 4. The van der Waals surface area contributed by atoms with Crippen LogP contribution in [0.1, 0.15) is 112 Å². The Morgan fingerprint density at radius 1 is 0.776 bits per heavy atom. The average Bonchev–Trinajstić information content (AvgIpc) is 3.12. The highest BCUT2D eigenvalue weighted by Gasteiger charge is 2.23. The zero-order valence-electron chi connectivity index (χ0n) is 29.6. The van der Waals surface area contributed by atoms with Crippen molar-refractivity contribution in [3.63, 3.8) is 0 Å². The van der Waals surface area contributed by atoms with Gasteiger partial charge in [-0.15, -0.1) is 6.42 Å². The van der Waals surface area contributed by atoms with Gasteiger partial charge in [-0.05, 0) is 50.1 Å². The summed E-state index contributed by atoms with van der Waals surface area (Å²) >= 11 is -1.89. The van der Waals surface area contributed by atoms with Gasteiger partial charge in [-0.25, -0.2) is 0 Å². The van der Waals surface area contributed by atoms with Crippen LogP contribution in [0.4, 0.5) is 5.69 Å². The summed E-state index contributed by atoms with van der Waals surface area (Å²) in [5.41, 5.74) is 2.88. The zero-order valence-corrected chi connectivity index (χ0v) is 30.4. The van der Waals surface area contributed by atoms with Gasteiger partial charge in [0.05, 0.1) is 11.3 Å². The molecular formula is C42H54N2O4S. The summed E-state index contributed by atoms with van der Waals surface area (Å²) < 4.78 is 21.3. The molecule has 4 rings (SSSR count). The number of phenolic OH excluding ortho intramolecular Hbond substituents is 1. The number of carbonyl (C=O) groups is 1. The number of amides is 1. The minimum atomic E-state index is -1.89. The molecule has 0 aliphatic rings. The third-order valence-electron chi connectivity index (χ3n) is 8.42. The predicted molar refractivity (Wildman–Crippen MR) is 206 cm³/mol. The molecule has 49 heavy (non-hydrogen) atoms. The number of terminal acetylenes is 1. The summed E-state index contributed by atoms with van der Waals surface area (Å²) in [5, 5.41) is 12.4. The molecular weight excluding hydrogens is 629 g/mol. The van der Waals surface area contributed by atoms with E-state index in [-0.39, 0.29) is 17.2 Å². The monoisotopic (exact) mass is 682 g/mol. The number of anilines is 1. The number of phenols is 1. The molecule has 0 aromatic heterocycles. The van der Waals surface area contributed by atoms with Gasteiger partial charge in [0.25, 0.3) is 5.91 Å². The fourth-order valence-electron chi connectivity index (χ4n) is 5.58. The number of fused-ring (bicyclic) bond motifs is 1. The van der Waals surface area contributed by atoms with Crippen LogP contribution in [0.5, 0.6) is 11.5 Å². The lowest BCUT2D eigenvalue weighted by Gasteiger charge is -2.24. The van der Waals surface area contributed by atoms with E-state index in [0.29, 0.717) is 35.3 Å². The maximum absolute atomic E-state index is 13.9. The van der Waals surface area contributed by atoms with Crippen LogP contribution in [0.15, 0.2) is 84.9 Å². The third kappa shape index (κ3) is 13.6. The predicted octanol–water partition coefficient (Wildman–Crippen LogP) is 10.8. The van der Waals surface area contributed by atoms with Crippen molar-refractivity contribution in [2.24, 2.45) is 0 Å². The molecule has 4 aromatic rings. The van der Waals surface area contributed by atoms with Crippen molar-refractivity contribution in [1.82, 2.24) is 4.90 Å². The number of unbranched alkanes of at least 4 members (excludes halogenated alkanes) is 10. The molecule has 0 spiro atoms. The molecule has 1 amide bonds. The van der Waals surface area contributed by atoms with E-state index in [1.165, 1.54) is 56.9 Å². The number of nitrogens with one attached hydrogen (secondary N) is 1. The van der Waals surface area contributed by atoms with Gasteiger partial charge >= 0.3 is 11.3 Å². The second-order valence-electron chi connectivity index (χ2n) is 12.4. The molecule has 0 radical (unpaired) electrons. The minimum absolute atomic E-state index is 0.0446. The Hall–Kier alpha value is -4.28. The SMILES string of the molecule is C#Cc1ccc(C)cc1.CCCCCCCCN(CCCCCCCC)C(=O)c1cc(NS(=O)Oc2ccccc2)c2ccccc2c1O. The first kappa shape index (κ1) is 39.2. The second-order valence-corrected chi connectivity index (χ2v) is 13.3. The molecule has 0 aliphatic carbocycles. The average molecular weight is 683 g/mol. The first-order chi connectivity index (χ1) is 23.9. The summed E-state index contributed by atoms with van der Waals surface area (Å²) in [4.78, 5) is 15.8. The van der Waals surface area contributed by atoms with E-state index >= 15 is 0 Å². The lowest BCUT2D eigenvalue weighted by Crippen LogP contribution is -2.33. The van der Waals surface area contributed by atoms with Gasteiger partial charge in [-0.3, -0.25) is 9.52 Å². The summed E-state index contributed by atoms with van der Waals surface area (Å²) in [6.45, 7) is 7.79. The zero-order chi connectivity index (χ0) is 35.3. The lowest BCUT2D eigenvalue weighted by atomic mass is 10.0. The van der Waals surface area contributed by atoms with Crippen molar-refractivity contribution in [2.45, 2.75) is 97.8 Å². The highest BCUT2D eigenvalue weighted by Crippen LogP contribution is 2.36. The van der Waals surface area contributed by atoms with Gasteiger partial charge in [-0.1, -0.05) is 144 Å². The molecule has 0 aliphatic heterocycles. The van der Waals surface area contributed by atoms with Crippen molar-refractivity contribution in [3.05, 3.63) is 102 Å². The fraction of sp³-hybridized carbons (Fsp3) is 0.405. The molecule has 1 unspecified atom stereocenters. The number of nitrogens with zero attached hydrogens (tertiary/aromatic N) is 1. The molecule has 2 N–H and O–H groups in total. The van der Waals surface area contributed by atoms with Gasteiger partial charge < -0.3 is 14.2 Å². The Kier molecular flexibility index (Phi) is 17.9. The van der Waals surface area contributed by atoms with Gasteiger partial charge in [0, 0.05) is 29.4 Å². The maximum atomic E-state index is 13.9. The van der Waals surface area contributed by atoms with Gasteiger partial charge in [0.2, 0.25) is 0 Å². The summed E-state index contributed by atoms with van der Waals surface area (Å²) in [6.07, 6.45) is 18.9. The highest BCUT2D eigenvalue weighted by molar-refractivity contribution is 7.82. The van der Waals surface area contributed by atoms with Gasteiger partial charge in [0.15, 0.2) is 0 Å². The minimum Gasteiger partial charge on any atom is -0.506 e. The van der Waals surface area contributed by atoms with Crippen molar-refractivity contribution in [3.8, 4) is 23.8 Å². The number of para-hydroxylation sites is 1. The van der Waals surface area contributed by atoms with E-state index in [1.54, 1.807) is 24.3 Å². The van der Waals surface area contributed by atoms with Crippen LogP contribution in [0.3, 0.4) is 0 Å². The smallest absolute Gasteiger partial charge is 0.316 e. The Labute approximate surface area is 297 Å². The quantitative estimate of drug-likeness (QED) is 0.0586. The molecule has 0 saturated carbocycles. The first-order valence-electron chi connectivity index (χ1n) is 17.9. The van der Waals surface area contributed by atoms with Crippen LogP contribution in [-0.4, -0.2) is 33.2 Å². The van der Waals surface area contributed by atoms with Crippen LogP contribution < -0.4 is 8.91 Å². The summed E-state index contributed by atoms with van der Waals surface area (Å²) in [6, 6.07) is 25.7. The lowest BCUT2D eigenvalue weighted by molar-refractivity contribution is 0.0746. The van der Waals surface area contributed by atoms with Crippen molar-refractivity contribution in [2.75, 3.05) is 17.8 Å². The largest absolute Gasteiger partial charge is 0.506 e. The molecule has 1 atom stereocenters. The normalized spacial score (nSPS) is 11.2. The van der Waals surface area contributed by atoms with Gasteiger partial charge in [0.1, 0.15) is 11.5 Å². The molecule has 262 valence electrons. The molecule has 0 fully saturated rings. The molecule has 0 heterocycles. The fourth-order valence-corrected chi connectivity index (χ4v) is 6.26.